The summed E-state index contributed by atoms with van der Waals surface area (Å²) in [6.07, 6.45) is 8.86. The average Bonchev–Trinajstić information content (AvgIpc) is 2.96. The number of thiophene rings is 1. The fourth-order valence-electron chi connectivity index (χ4n) is 4.10. The molecular formula is C19H23NS. The summed E-state index contributed by atoms with van der Waals surface area (Å²) < 4.78 is 1.43. The number of rotatable bonds is 4. The maximum Gasteiger partial charge on any atom is 0.0345 e. The average molecular weight is 297 g/mol. The third-order valence-corrected chi connectivity index (χ3v) is 6.41. The van der Waals surface area contributed by atoms with E-state index in [0.717, 1.165) is 11.8 Å². The third kappa shape index (κ3) is 2.45. The van der Waals surface area contributed by atoms with E-state index in [9.17, 15) is 0 Å². The molecule has 2 heteroatoms. The zero-order valence-corrected chi connectivity index (χ0v) is 13.5. The first-order valence-electron chi connectivity index (χ1n) is 8.22. The molecule has 2 aliphatic heterocycles. The van der Waals surface area contributed by atoms with E-state index in [1.165, 1.54) is 48.0 Å². The Morgan fingerprint density at radius 1 is 1.24 bits per heavy atom. The van der Waals surface area contributed by atoms with E-state index in [0.29, 0.717) is 6.04 Å². The van der Waals surface area contributed by atoms with Gasteiger partial charge in [-0.05, 0) is 47.1 Å². The Bertz CT molecular complexity index is 656. The Hall–Kier alpha value is -1.12. The minimum atomic E-state index is 0.699. The number of hydrogen-bond acceptors (Lipinski definition) is 2. The van der Waals surface area contributed by atoms with Crippen molar-refractivity contribution in [1.29, 1.82) is 0 Å². The van der Waals surface area contributed by atoms with Crippen LogP contribution in [0.4, 0.5) is 0 Å². The fraction of sp³-hybridized carbons (Fsp3) is 0.474. The van der Waals surface area contributed by atoms with Gasteiger partial charge in [0, 0.05) is 23.8 Å². The van der Waals surface area contributed by atoms with Crippen molar-refractivity contribution in [3.63, 3.8) is 0 Å². The first-order chi connectivity index (χ1) is 10.3. The highest BCUT2D eigenvalue weighted by atomic mass is 32.1. The topological polar surface area (TPSA) is 3.24 Å². The molecule has 1 fully saturated rings. The maximum absolute atomic E-state index is 2.71. The number of benzene rings is 1. The molecule has 2 unspecified atom stereocenters. The van der Waals surface area contributed by atoms with Crippen molar-refractivity contribution in [2.75, 3.05) is 13.1 Å². The molecule has 2 bridgehead atoms. The van der Waals surface area contributed by atoms with E-state index in [4.69, 9.17) is 0 Å². The molecule has 1 aliphatic carbocycles. The molecule has 1 aromatic carbocycles. The van der Waals surface area contributed by atoms with E-state index >= 15 is 0 Å². The Morgan fingerprint density at radius 3 is 2.95 bits per heavy atom. The molecule has 1 aromatic heterocycles. The lowest BCUT2D eigenvalue weighted by Gasteiger charge is -2.46. The quantitative estimate of drug-likeness (QED) is 0.737. The molecule has 21 heavy (non-hydrogen) atoms. The summed E-state index contributed by atoms with van der Waals surface area (Å²) in [5.41, 5.74) is 1.54. The number of piperidine rings is 1. The molecule has 0 spiro atoms. The second-order valence-corrected chi connectivity index (χ2v) is 7.43. The lowest BCUT2D eigenvalue weighted by atomic mass is 9.75. The van der Waals surface area contributed by atoms with E-state index in [2.05, 4.69) is 53.6 Å². The SMILES string of the molecule is CC[C@H]1CC2C=CC1CN2CCc1csc2ccccc12. The van der Waals surface area contributed by atoms with Crippen LogP contribution >= 0.6 is 11.3 Å². The number of hydrogen-bond donors (Lipinski definition) is 0. The molecule has 3 aliphatic rings. The molecule has 3 heterocycles. The van der Waals surface area contributed by atoms with Crippen LogP contribution in [0.25, 0.3) is 10.1 Å². The molecule has 1 nitrogen and oxygen atoms in total. The highest BCUT2D eigenvalue weighted by Gasteiger charge is 2.35. The van der Waals surface area contributed by atoms with Crippen LogP contribution in [0.2, 0.25) is 0 Å². The van der Waals surface area contributed by atoms with Crippen LogP contribution in [0.3, 0.4) is 0 Å². The van der Waals surface area contributed by atoms with E-state index in [-0.39, 0.29) is 0 Å². The first-order valence-corrected chi connectivity index (χ1v) is 9.10. The van der Waals surface area contributed by atoms with E-state index in [1.54, 1.807) is 0 Å². The summed E-state index contributed by atoms with van der Waals surface area (Å²) >= 11 is 1.89. The van der Waals surface area contributed by atoms with Gasteiger partial charge in [-0.25, -0.2) is 0 Å². The Balaban J connectivity index is 1.45. The van der Waals surface area contributed by atoms with Gasteiger partial charge in [-0.2, -0.15) is 0 Å². The normalized spacial score (nSPS) is 28.5. The van der Waals surface area contributed by atoms with Gasteiger partial charge in [-0.15, -0.1) is 11.3 Å². The molecule has 0 amide bonds. The van der Waals surface area contributed by atoms with Crippen LogP contribution in [0.15, 0.2) is 41.8 Å². The monoisotopic (exact) mass is 297 g/mol. The van der Waals surface area contributed by atoms with Crippen molar-refractivity contribution in [3.8, 4) is 0 Å². The molecule has 110 valence electrons. The van der Waals surface area contributed by atoms with Crippen molar-refractivity contribution in [1.82, 2.24) is 4.90 Å². The predicted octanol–water partition coefficient (Wildman–Crippen LogP) is 4.73. The Labute approximate surface area is 131 Å². The summed E-state index contributed by atoms with van der Waals surface area (Å²) in [5.74, 6) is 1.73. The number of nitrogens with zero attached hydrogens (tertiary/aromatic N) is 1. The van der Waals surface area contributed by atoms with Gasteiger partial charge in [0.25, 0.3) is 0 Å². The van der Waals surface area contributed by atoms with Gasteiger partial charge in [-0.3, -0.25) is 4.90 Å². The molecule has 0 radical (unpaired) electrons. The van der Waals surface area contributed by atoms with Crippen molar-refractivity contribution < 1.29 is 0 Å². The molecule has 5 rings (SSSR count). The van der Waals surface area contributed by atoms with Gasteiger partial charge in [0.05, 0.1) is 0 Å². The molecule has 1 saturated heterocycles. The van der Waals surface area contributed by atoms with Crippen LogP contribution in [0, 0.1) is 11.8 Å². The molecule has 0 saturated carbocycles. The van der Waals surface area contributed by atoms with Crippen molar-refractivity contribution >= 4 is 21.4 Å². The smallest absolute Gasteiger partial charge is 0.0345 e. The van der Waals surface area contributed by atoms with Crippen molar-refractivity contribution in [3.05, 3.63) is 47.4 Å². The second kappa shape index (κ2) is 5.58. The standard InChI is InChI=1S/C19H23NS/c1-2-14-11-17-8-7-15(14)12-20(17)10-9-16-13-21-19-6-4-3-5-18(16)19/h3-8,13-15,17H,2,9-12H2,1H3/t14-,15?,17?/m0/s1. The van der Waals surface area contributed by atoms with Crippen molar-refractivity contribution in [2.45, 2.75) is 32.2 Å². The lowest BCUT2D eigenvalue weighted by Crippen LogP contribution is -2.49. The Kier molecular flexibility index (Phi) is 3.60. The summed E-state index contributed by atoms with van der Waals surface area (Å²) in [4.78, 5) is 2.71. The largest absolute Gasteiger partial charge is 0.296 e. The summed E-state index contributed by atoms with van der Waals surface area (Å²) in [5, 5.41) is 3.82. The summed E-state index contributed by atoms with van der Waals surface area (Å²) in [7, 11) is 0. The molecule has 0 N–H and O–H groups in total. The van der Waals surface area contributed by atoms with Gasteiger partial charge < -0.3 is 0 Å². The fourth-order valence-corrected chi connectivity index (χ4v) is 5.09. The second-order valence-electron chi connectivity index (χ2n) is 6.52. The van der Waals surface area contributed by atoms with Gasteiger partial charge >= 0.3 is 0 Å². The summed E-state index contributed by atoms with van der Waals surface area (Å²) in [6, 6.07) is 9.51. The Morgan fingerprint density at radius 2 is 2.14 bits per heavy atom. The van der Waals surface area contributed by atoms with Gasteiger partial charge in [0.15, 0.2) is 0 Å². The first kappa shape index (κ1) is 13.5. The summed E-state index contributed by atoms with van der Waals surface area (Å²) in [6.45, 7) is 4.84. The van der Waals surface area contributed by atoms with Crippen LogP contribution in [-0.2, 0) is 6.42 Å². The minimum absolute atomic E-state index is 0.699. The minimum Gasteiger partial charge on any atom is -0.296 e. The van der Waals surface area contributed by atoms with Gasteiger partial charge in [0.1, 0.15) is 0 Å². The zero-order chi connectivity index (χ0) is 14.2. The zero-order valence-electron chi connectivity index (χ0n) is 12.7. The van der Waals surface area contributed by atoms with Gasteiger partial charge in [-0.1, -0.05) is 43.7 Å². The highest BCUT2D eigenvalue weighted by molar-refractivity contribution is 7.17. The molecule has 2 aromatic rings. The van der Waals surface area contributed by atoms with Crippen molar-refractivity contribution in [2.24, 2.45) is 11.8 Å². The lowest BCUT2D eigenvalue weighted by molar-refractivity contribution is 0.0895. The van der Waals surface area contributed by atoms with E-state index < -0.39 is 0 Å². The van der Waals surface area contributed by atoms with Crippen LogP contribution in [-0.4, -0.2) is 24.0 Å². The maximum atomic E-state index is 2.71. The number of fused-ring (bicyclic) bond motifs is 3. The third-order valence-electron chi connectivity index (χ3n) is 5.40. The highest BCUT2D eigenvalue weighted by Crippen LogP contribution is 2.36. The molecular weight excluding hydrogens is 274 g/mol. The van der Waals surface area contributed by atoms with Crippen LogP contribution in [0.1, 0.15) is 25.3 Å². The molecule has 3 atom stereocenters. The van der Waals surface area contributed by atoms with E-state index in [1.807, 2.05) is 11.3 Å². The predicted molar refractivity (Wildman–Crippen MR) is 91.9 cm³/mol. The van der Waals surface area contributed by atoms with Gasteiger partial charge in [0.2, 0.25) is 0 Å². The van der Waals surface area contributed by atoms with Crippen LogP contribution < -0.4 is 0 Å². The van der Waals surface area contributed by atoms with Crippen LogP contribution in [0.5, 0.6) is 0 Å².